The second-order valence-electron chi connectivity index (χ2n) is 2.46. The monoisotopic (exact) mass is 294 g/mol. The van der Waals surface area contributed by atoms with Crippen molar-refractivity contribution in [1.29, 1.82) is 0 Å². The number of rotatable bonds is 1. The van der Waals surface area contributed by atoms with Crippen LogP contribution in [0, 0.1) is 0 Å². The summed E-state index contributed by atoms with van der Waals surface area (Å²) in [5, 5.41) is 19.4. The minimum Gasteiger partial charge on any atom is -1.00 e. The van der Waals surface area contributed by atoms with E-state index >= 15 is 0 Å². The van der Waals surface area contributed by atoms with Gasteiger partial charge in [0.15, 0.2) is 0 Å². The van der Waals surface area contributed by atoms with Crippen molar-refractivity contribution in [3.63, 3.8) is 0 Å². The molecule has 14 heavy (non-hydrogen) atoms. The predicted molar refractivity (Wildman–Crippen MR) is 42.0 cm³/mol. The van der Waals surface area contributed by atoms with Gasteiger partial charge >= 0.3 is 35.5 Å². The van der Waals surface area contributed by atoms with Crippen molar-refractivity contribution in [2.24, 2.45) is 15.4 Å². The Balaban J connectivity index is 0. The molecule has 7 heteroatoms. The van der Waals surface area contributed by atoms with Crippen LogP contribution in [-0.4, -0.2) is 22.3 Å². The molecule has 1 unspecified atom stereocenters. The molecule has 2 aliphatic rings. The summed E-state index contributed by atoms with van der Waals surface area (Å²) in [6, 6.07) is 0. The summed E-state index contributed by atoms with van der Waals surface area (Å²) >= 11 is 0. The van der Waals surface area contributed by atoms with Crippen LogP contribution in [0.15, 0.2) is 39.7 Å². The summed E-state index contributed by atoms with van der Waals surface area (Å²) in [7, 11) is 0. The van der Waals surface area contributed by atoms with Crippen LogP contribution in [0.4, 0.5) is 0 Å². The molecule has 1 aliphatic carbocycles. The van der Waals surface area contributed by atoms with E-state index in [0.29, 0.717) is 5.71 Å². The van der Waals surface area contributed by atoms with E-state index in [4.69, 9.17) is 5.11 Å². The third kappa shape index (κ3) is 1.98. The molecule has 1 radical (unpaired) electrons. The SMILES string of the molecule is O=C(O)C12C=CC=CC1=NN=N2.[Ag].[H-].[Na+]. The first-order valence-corrected chi connectivity index (χ1v) is 3.35. The largest absolute Gasteiger partial charge is 1.00 e. The Bertz CT molecular complexity index is 369. The fourth-order valence-corrected chi connectivity index (χ4v) is 1.11. The maximum absolute atomic E-state index is 10.8. The van der Waals surface area contributed by atoms with Gasteiger partial charge in [0.05, 0.1) is 0 Å². The zero-order chi connectivity index (χ0) is 8.60. The average molecular weight is 295 g/mol. The van der Waals surface area contributed by atoms with Gasteiger partial charge in [0, 0.05) is 22.4 Å². The van der Waals surface area contributed by atoms with Gasteiger partial charge in [-0.2, -0.15) is 0 Å². The van der Waals surface area contributed by atoms with Crippen LogP contribution in [-0.2, 0) is 27.2 Å². The van der Waals surface area contributed by atoms with Gasteiger partial charge in [0.1, 0.15) is 5.71 Å². The molecule has 0 spiro atoms. The number of hydrogen-bond acceptors (Lipinski definition) is 4. The number of allylic oxidation sites excluding steroid dienone is 2. The van der Waals surface area contributed by atoms with Crippen LogP contribution in [0.2, 0.25) is 0 Å². The van der Waals surface area contributed by atoms with Crippen molar-refractivity contribution in [2.45, 2.75) is 5.54 Å². The van der Waals surface area contributed by atoms with E-state index in [2.05, 4.69) is 15.4 Å². The average Bonchev–Trinajstić information content (AvgIpc) is 2.48. The molecule has 0 saturated heterocycles. The molecule has 0 bridgehead atoms. The number of fused-ring (bicyclic) bond motifs is 1. The molecule has 0 fully saturated rings. The molecule has 1 heterocycles. The van der Waals surface area contributed by atoms with E-state index in [9.17, 15) is 4.79 Å². The second kappa shape index (κ2) is 5.16. The molecule has 0 aromatic rings. The normalized spacial score (nSPS) is 25.9. The summed E-state index contributed by atoms with van der Waals surface area (Å²) in [6.45, 7) is 0. The van der Waals surface area contributed by atoms with Crippen LogP contribution >= 0.6 is 0 Å². The first kappa shape index (κ1) is 14.0. The topological polar surface area (TPSA) is 74.4 Å². The standard InChI is InChI=1S/C7H5N3O2.Ag.Na.H/c11-6(12)7-4-2-1-3-5(7)8-10-9-7;;;/h1-4H,(H,11,12);;;/q;;+1;-1. The van der Waals surface area contributed by atoms with E-state index in [-0.39, 0.29) is 53.4 Å². The predicted octanol–water partition coefficient (Wildman–Crippen LogP) is -2.13. The van der Waals surface area contributed by atoms with Gasteiger partial charge in [0.25, 0.3) is 0 Å². The van der Waals surface area contributed by atoms with Crippen molar-refractivity contribution in [1.82, 2.24) is 0 Å². The summed E-state index contributed by atoms with van der Waals surface area (Å²) in [4.78, 5) is 10.8. The number of carbonyl (C=O) groups is 1. The van der Waals surface area contributed by atoms with Gasteiger partial charge in [-0.05, 0) is 17.4 Å². The van der Waals surface area contributed by atoms with Crippen LogP contribution in [0.3, 0.4) is 0 Å². The number of hydrogen-bond donors (Lipinski definition) is 1. The zero-order valence-corrected chi connectivity index (χ0v) is 10.8. The Morgan fingerprint density at radius 1 is 1.50 bits per heavy atom. The van der Waals surface area contributed by atoms with Crippen molar-refractivity contribution in [3.8, 4) is 0 Å². The molecule has 1 aliphatic heterocycles. The van der Waals surface area contributed by atoms with Gasteiger partial charge in [-0.1, -0.05) is 12.2 Å². The second-order valence-corrected chi connectivity index (χ2v) is 2.46. The minimum absolute atomic E-state index is 0. The van der Waals surface area contributed by atoms with Crippen molar-refractivity contribution in [2.75, 3.05) is 0 Å². The molecule has 1 atom stereocenters. The van der Waals surface area contributed by atoms with Crippen molar-refractivity contribution in [3.05, 3.63) is 24.3 Å². The number of aliphatic carboxylic acids is 1. The van der Waals surface area contributed by atoms with Gasteiger partial charge in [-0.25, -0.2) is 4.79 Å². The summed E-state index contributed by atoms with van der Waals surface area (Å²) in [6.07, 6.45) is 6.38. The number of carboxylic acid groups (broad SMARTS) is 1. The third-order valence-corrected chi connectivity index (χ3v) is 1.77. The molecule has 0 amide bonds. The van der Waals surface area contributed by atoms with Crippen LogP contribution in [0.25, 0.3) is 0 Å². The maximum atomic E-state index is 10.8. The summed E-state index contributed by atoms with van der Waals surface area (Å²) in [5.74, 6) is -1.05. The first-order valence-electron chi connectivity index (χ1n) is 3.35. The van der Waals surface area contributed by atoms with Gasteiger partial charge < -0.3 is 6.53 Å². The van der Waals surface area contributed by atoms with E-state index in [1.165, 1.54) is 6.08 Å². The zero-order valence-electron chi connectivity index (χ0n) is 8.31. The Morgan fingerprint density at radius 2 is 2.21 bits per heavy atom. The van der Waals surface area contributed by atoms with Gasteiger partial charge in [0.2, 0.25) is 5.54 Å². The summed E-state index contributed by atoms with van der Waals surface area (Å²) in [5.41, 5.74) is -0.994. The maximum Gasteiger partial charge on any atom is 1.00 e. The van der Waals surface area contributed by atoms with Gasteiger partial charge in [-0.3, -0.25) is 0 Å². The molecule has 0 aromatic heterocycles. The van der Waals surface area contributed by atoms with E-state index in [1.807, 2.05) is 0 Å². The molecule has 0 saturated carbocycles. The summed E-state index contributed by atoms with van der Waals surface area (Å²) < 4.78 is 0. The Hall–Kier alpha value is -0.0397. The number of carboxylic acids is 1. The van der Waals surface area contributed by atoms with Gasteiger partial charge in [-0.15, -0.1) is 10.2 Å². The van der Waals surface area contributed by atoms with Crippen LogP contribution in [0.5, 0.6) is 0 Å². The third-order valence-electron chi connectivity index (χ3n) is 1.77. The number of nitrogens with zero attached hydrogens (tertiary/aromatic N) is 3. The fourth-order valence-electron chi connectivity index (χ4n) is 1.11. The fraction of sp³-hybridized carbons (Fsp3) is 0.143. The molecule has 73 valence electrons. The molecular formula is C7H6AgN3NaO2. The molecule has 0 aromatic carbocycles. The minimum atomic E-state index is -1.35. The smallest absolute Gasteiger partial charge is 1.00 e. The van der Waals surface area contributed by atoms with Crippen LogP contribution in [0.1, 0.15) is 1.43 Å². The molecule has 5 nitrogen and oxygen atoms in total. The quantitative estimate of drug-likeness (QED) is 0.561. The van der Waals surface area contributed by atoms with Crippen molar-refractivity contribution >= 4 is 11.7 Å². The first-order chi connectivity index (χ1) is 5.76. The van der Waals surface area contributed by atoms with Crippen LogP contribution < -0.4 is 29.6 Å². The van der Waals surface area contributed by atoms with E-state index < -0.39 is 11.5 Å². The van der Waals surface area contributed by atoms with E-state index in [0.717, 1.165) is 0 Å². The Kier molecular flexibility index (Phi) is 5.14. The molecular weight excluding hydrogens is 289 g/mol. The molecule has 2 rings (SSSR count). The van der Waals surface area contributed by atoms with Crippen molar-refractivity contribution < 1.29 is 63.3 Å². The Labute approximate surface area is 119 Å². The Morgan fingerprint density at radius 3 is 2.79 bits per heavy atom. The van der Waals surface area contributed by atoms with E-state index in [1.54, 1.807) is 18.2 Å². The molecule has 1 N–H and O–H groups in total.